The van der Waals surface area contributed by atoms with E-state index < -0.39 is 5.97 Å². The van der Waals surface area contributed by atoms with Gasteiger partial charge in [-0.15, -0.1) is 0 Å². The van der Waals surface area contributed by atoms with Gasteiger partial charge in [-0.3, -0.25) is 9.69 Å². The predicted molar refractivity (Wildman–Crippen MR) is 122 cm³/mol. The van der Waals surface area contributed by atoms with E-state index in [0.717, 1.165) is 70.6 Å². The van der Waals surface area contributed by atoms with Crippen molar-refractivity contribution >= 4 is 29.2 Å². The lowest BCUT2D eigenvalue weighted by Crippen LogP contribution is -2.48. The Hall–Kier alpha value is -1.01. The lowest BCUT2D eigenvalue weighted by atomic mass is 9.92. The molecule has 168 valence electrons. The largest absolute Gasteiger partial charge is 0.490 e. The fourth-order valence-corrected chi connectivity index (χ4v) is 4.91. The number of ether oxygens (including phenoxy) is 1. The normalized spacial score (nSPS) is 21.1. The standard InChI is InChI=1S/C23H34Cl2N2O3/c1-16(2)13-22(23(28)29)27-11-5-17(6-12-27)15-26-9-7-18(8-10-26)30-19-3-4-20(24)21(25)14-19/h3-4,14,16-18,22H,5-13,15H2,1-2H3,(H,28,29). The Kier molecular flexibility index (Phi) is 8.70. The first kappa shape index (κ1) is 23.6. The summed E-state index contributed by atoms with van der Waals surface area (Å²) in [4.78, 5) is 16.4. The molecule has 1 unspecified atom stereocenters. The first-order valence-electron chi connectivity index (χ1n) is 11.1. The number of rotatable bonds is 8. The summed E-state index contributed by atoms with van der Waals surface area (Å²) in [6, 6.07) is 5.10. The van der Waals surface area contributed by atoms with Crippen molar-refractivity contribution in [3.63, 3.8) is 0 Å². The van der Waals surface area contributed by atoms with Gasteiger partial charge in [-0.1, -0.05) is 37.0 Å². The van der Waals surface area contributed by atoms with E-state index in [0.29, 0.717) is 21.9 Å². The van der Waals surface area contributed by atoms with Crippen molar-refractivity contribution in [1.29, 1.82) is 0 Å². The van der Waals surface area contributed by atoms with Crippen molar-refractivity contribution in [2.45, 2.75) is 58.1 Å². The number of likely N-dealkylation sites (tertiary alicyclic amines) is 2. The Bertz CT molecular complexity index is 700. The summed E-state index contributed by atoms with van der Waals surface area (Å²) < 4.78 is 6.09. The lowest BCUT2D eigenvalue weighted by molar-refractivity contribution is -0.144. The maximum atomic E-state index is 11.7. The van der Waals surface area contributed by atoms with Crippen LogP contribution >= 0.6 is 23.2 Å². The van der Waals surface area contributed by atoms with Crippen LogP contribution in [0.5, 0.6) is 5.75 Å². The first-order chi connectivity index (χ1) is 14.3. The summed E-state index contributed by atoms with van der Waals surface area (Å²) in [5.74, 6) is 1.16. The van der Waals surface area contributed by atoms with Crippen molar-refractivity contribution in [3.8, 4) is 5.75 Å². The third-order valence-corrected chi connectivity index (χ3v) is 7.05. The molecular formula is C23H34Cl2N2O3. The topological polar surface area (TPSA) is 53.0 Å². The Balaban J connectivity index is 1.39. The summed E-state index contributed by atoms with van der Waals surface area (Å²) in [6.07, 6.45) is 5.13. The molecule has 0 amide bonds. The molecular weight excluding hydrogens is 423 g/mol. The fourth-order valence-electron chi connectivity index (χ4n) is 4.62. The van der Waals surface area contributed by atoms with Crippen LogP contribution in [0, 0.1) is 11.8 Å². The highest BCUT2D eigenvalue weighted by atomic mass is 35.5. The van der Waals surface area contributed by atoms with Crippen molar-refractivity contribution in [3.05, 3.63) is 28.2 Å². The molecule has 2 aliphatic heterocycles. The first-order valence-corrected chi connectivity index (χ1v) is 11.9. The number of halogens is 2. The van der Waals surface area contributed by atoms with Crippen molar-refractivity contribution < 1.29 is 14.6 Å². The quantitative estimate of drug-likeness (QED) is 0.592. The number of aliphatic carboxylic acids is 1. The second kappa shape index (κ2) is 11.0. The van der Waals surface area contributed by atoms with Gasteiger partial charge in [0.05, 0.1) is 10.0 Å². The van der Waals surface area contributed by atoms with E-state index >= 15 is 0 Å². The zero-order valence-electron chi connectivity index (χ0n) is 18.0. The van der Waals surface area contributed by atoms with Gasteiger partial charge >= 0.3 is 5.97 Å². The molecule has 5 nitrogen and oxygen atoms in total. The van der Waals surface area contributed by atoms with Gasteiger partial charge in [0.15, 0.2) is 0 Å². The summed E-state index contributed by atoms with van der Waals surface area (Å²) in [7, 11) is 0. The Morgan fingerprint density at radius 3 is 2.33 bits per heavy atom. The highest BCUT2D eigenvalue weighted by Gasteiger charge is 2.31. The molecule has 2 fully saturated rings. The smallest absolute Gasteiger partial charge is 0.320 e. The monoisotopic (exact) mass is 456 g/mol. The molecule has 0 radical (unpaired) electrons. The highest BCUT2D eigenvalue weighted by molar-refractivity contribution is 6.42. The molecule has 30 heavy (non-hydrogen) atoms. The second-order valence-corrected chi connectivity index (χ2v) is 9.97. The van der Waals surface area contributed by atoms with Gasteiger partial charge in [0, 0.05) is 25.7 Å². The van der Waals surface area contributed by atoms with Crippen LogP contribution in [0.1, 0.15) is 46.0 Å². The second-order valence-electron chi connectivity index (χ2n) is 9.16. The summed E-state index contributed by atoms with van der Waals surface area (Å²) in [6.45, 7) is 9.16. The third-order valence-electron chi connectivity index (χ3n) is 6.31. The molecule has 0 aromatic heterocycles. The molecule has 0 spiro atoms. The van der Waals surface area contributed by atoms with E-state index in [9.17, 15) is 9.90 Å². The van der Waals surface area contributed by atoms with Gasteiger partial charge in [0.1, 0.15) is 17.9 Å². The van der Waals surface area contributed by atoms with Gasteiger partial charge in [-0.25, -0.2) is 0 Å². The van der Waals surface area contributed by atoms with E-state index in [4.69, 9.17) is 27.9 Å². The minimum atomic E-state index is -0.675. The Morgan fingerprint density at radius 1 is 1.10 bits per heavy atom. The van der Waals surface area contributed by atoms with Crippen molar-refractivity contribution in [2.24, 2.45) is 11.8 Å². The maximum absolute atomic E-state index is 11.7. The number of carboxylic acids is 1. The van der Waals surface area contributed by atoms with Crippen LogP contribution in [0.4, 0.5) is 0 Å². The van der Waals surface area contributed by atoms with Crippen molar-refractivity contribution in [2.75, 3.05) is 32.7 Å². The molecule has 2 heterocycles. The summed E-state index contributed by atoms with van der Waals surface area (Å²) in [5, 5.41) is 10.7. The van der Waals surface area contributed by atoms with E-state index in [1.807, 2.05) is 6.07 Å². The molecule has 1 atom stereocenters. The van der Waals surface area contributed by atoms with E-state index in [1.54, 1.807) is 12.1 Å². The van der Waals surface area contributed by atoms with E-state index in [-0.39, 0.29) is 12.1 Å². The molecule has 1 aromatic rings. The van der Waals surface area contributed by atoms with Crippen LogP contribution < -0.4 is 4.74 Å². The number of carboxylic acid groups (broad SMARTS) is 1. The minimum Gasteiger partial charge on any atom is -0.490 e. The molecule has 0 bridgehead atoms. The van der Waals surface area contributed by atoms with Crippen LogP contribution in [-0.2, 0) is 4.79 Å². The molecule has 2 aliphatic rings. The average molecular weight is 457 g/mol. The Labute approximate surface area is 190 Å². The third kappa shape index (κ3) is 6.74. The van der Waals surface area contributed by atoms with Gasteiger partial charge in [0.2, 0.25) is 0 Å². The number of nitrogens with zero attached hydrogens (tertiary/aromatic N) is 2. The zero-order chi connectivity index (χ0) is 21.7. The Morgan fingerprint density at radius 2 is 1.77 bits per heavy atom. The van der Waals surface area contributed by atoms with Crippen LogP contribution in [-0.4, -0.2) is 65.7 Å². The predicted octanol–water partition coefficient (Wildman–Crippen LogP) is 5.05. The molecule has 1 N–H and O–H groups in total. The number of hydrogen-bond acceptors (Lipinski definition) is 4. The average Bonchev–Trinajstić information content (AvgIpc) is 2.71. The summed E-state index contributed by atoms with van der Waals surface area (Å²) >= 11 is 12.1. The molecule has 7 heteroatoms. The number of piperidine rings is 2. The number of benzene rings is 1. The maximum Gasteiger partial charge on any atom is 0.320 e. The number of carbonyl (C=O) groups is 1. The van der Waals surface area contributed by atoms with Crippen LogP contribution in [0.3, 0.4) is 0 Å². The molecule has 2 saturated heterocycles. The van der Waals surface area contributed by atoms with Gasteiger partial charge < -0.3 is 14.7 Å². The zero-order valence-corrected chi connectivity index (χ0v) is 19.5. The van der Waals surface area contributed by atoms with Gasteiger partial charge in [0.25, 0.3) is 0 Å². The van der Waals surface area contributed by atoms with Gasteiger partial charge in [-0.05, 0) is 69.2 Å². The minimum absolute atomic E-state index is 0.215. The number of hydrogen-bond donors (Lipinski definition) is 1. The summed E-state index contributed by atoms with van der Waals surface area (Å²) in [5.41, 5.74) is 0. The van der Waals surface area contributed by atoms with E-state index in [1.165, 1.54) is 0 Å². The van der Waals surface area contributed by atoms with Crippen LogP contribution in [0.25, 0.3) is 0 Å². The molecule has 0 saturated carbocycles. The van der Waals surface area contributed by atoms with Crippen LogP contribution in [0.15, 0.2) is 18.2 Å². The van der Waals surface area contributed by atoms with E-state index in [2.05, 4.69) is 23.6 Å². The molecule has 3 rings (SSSR count). The lowest BCUT2D eigenvalue weighted by Gasteiger charge is -2.39. The fraction of sp³-hybridized carbons (Fsp3) is 0.696. The van der Waals surface area contributed by atoms with Crippen molar-refractivity contribution in [1.82, 2.24) is 9.80 Å². The SMILES string of the molecule is CC(C)CC(C(=O)O)N1CCC(CN2CCC(Oc3ccc(Cl)c(Cl)c3)CC2)CC1. The molecule has 0 aliphatic carbocycles. The molecule has 1 aromatic carbocycles. The van der Waals surface area contributed by atoms with Crippen LogP contribution in [0.2, 0.25) is 10.0 Å². The highest BCUT2D eigenvalue weighted by Crippen LogP contribution is 2.29. The van der Waals surface area contributed by atoms with Gasteiger partial charge in [-0.2, -0.15) is 0 Å².